The number of carbonyl (C=O) groups is 1. The van der Waals surface area contributed by atoms with Crippen LogP contribution in [-0.2, 0) is 9.53 Å². The summed E-state index contributed by atoms with van der Waals surface area (Å²) < 4.78 is 10.8. The van der Waals surface area contributed by atoms with Crippen LogP contribution < -0.4 is 4.74 Å². The van der Waals surface area contributed by atoms with E-state index in [1.807, 2.05) is 52.0 Å². The summed E-state index contributed by atoms with van der Waals surface area (Å²) in [6, 6.07) is 7.75. The lowest BCUT2D eigenvalue weighted by atomic mass is 10.1. The van der Waals surface area contributed by atoms with Crippen molar-refractivity contribution in [2.45, 2.75) is 40.2 Å². The van der Waals surface area contributed by atoms with Gasteiger partial charge in [0, 0.05) is 17.2 Å². The number of aryl methyl sites for hydroxylation is 1. The van der Waals surface area contributed by atoms with Crippen molar-refractivity contribution in [1.82, 2.24) is 4.98 Å². The van der Waals surface area contributed by atoms with Gasteiger partial charge in [-0.15, -0.1) is 0 Å². The number of esters is 1. The summed E-state index contributed by atoms with van der Waals surface area (Å²) in [6.07, 6.45) is 3.20. The summed E-state index contributed by atoms with van der Waals surface area (Å²) in [5.41, 5.74) is 2.41. The fourth-order valence-electron chi connectivity index (χ4n) is 2.27. The minimum absolute atomic E-state index is 0.271. The monoisotopic (exact) mass is 313 g/mol. The summed E-state index contributed by atoms with van der Waals surface area (Å²) in [5, 5.41) is 0.942. The lowest BCUT2D eigenvalue weighted by Gasteiger charge is -2.21. The van der Waals surface area contributed by atoms with Gasteiger partial charge in [0.15, 0.2) is 0 Å². The zero-order valence-corrected chi connectivity index (χ0v) is 14.3. The van der Waals surface area contributed by atoms with Gasteiger partial charge in [-0.1, -0.05) is 0 Å². The number of carbonyl (C=O) groups excluding carboxylic acids is 1. The third kappa shape index (κ3) is 4.81. The normalized spacial score (nSPS) is 11.9. The Hall–Kier alpha value is -2.36. The smallest absolute Gasteiger partial charge is 0.330 e. The Balaban J connectivity index is 2.45. The van der Waals surface area contributed by atoms with E-state index >= 15 is 0 Å². The zero-order valence-electron chi connectivity index (χ0n) is 14.3. The van der Waals surface area contributed by atoms with Crippen molar-refractivity contribution in [3.8, 4) is 5.75 Å². The van der Waals surface area contributed by atoms with E-state index < -0.39 is 0 Å². The molecule has 4 nitrogen and oxygen atoms in total. The maximum atomic E-state index is 11.5. The van der Waals surface area contributed by atoms with Gasteiger partial charge in [-0.25, -0.2) is 4.79 Å². The maximum Gasteiger partial charge on any atom is 0.330 e. The molecule has 0 atom stereocenters. The first-order valence-electron chi connectivity index (χ1n) is 7.74. The van der Waals surface area contributed by atoms with E-state index in [-0.39, 0.29) is 11.6 Å². The predicted octanol–water partition coefficient (Wildman–Crippen LogP) is 4.30. The molecule has 0 fully saturated rings. The molecule has 1 aromatic carbocycles. The van der Waals surface area contributed by atoms with E-state index in [0.29, 0.717) is 6.61 Å². The van der Waals surface area contributed by atoms with E-state index in [1.54, 1.807) is 13.0 Å². The number of pyridine rings is 1. The van der Waals surface area contributed by atoms with Crippen LogP contribution in [0.4, 0.5) is 0 Å². The van der Waals surface area contributed by atoms with Crippen LogP contribution >= 0.6 is 0 Å². The van der Waals surface area contributed by atoms with Crippen LogP contribution in [0, 0.1) is 6.92 Å². The van der Waals surface area contributed by atoms with Gasteiger partial charge in [-0.3, -0.25) is 4.98 Å². The molecule has 0 saturated heterocycles. The van der Waals surface area contributed by atoms with Crippen LogP contribution in [0.15, 0.2) is 30.3 Å². The quantitative estimate of drug-likeness (QED) is 0.624. The first-order valence-corrected chi connectivity index (χ1v) is 7.74. The van der Waals surface area contributed by atoms with Gasteiger partial charge in [0.2, 0.25) is 0 Å². The summed E-state index contributed by atoms with van der Waals surface area (Å²) in [7, 11) is 0. The Morgan fingerprint density at radius 2 is 2.00 bits per heavy atom. The van der Waals surface area contributed by atoms with Crippen LogP contribution in [0.5, 0.6) is 5.75 Å². The van der Waals surface area contributed by atoms with E-state index in [0.717, 1.165) is 27.9 Å². The fourth-order valence-corrected chi connectivity index (χ4v) is 2.27. The Bertz CT molecular complexity index is 742. The molecule has 23 heavy (non-hydrogen) atoms. The lowest BCUT2D eigenvalue weighted by Crippen LogP contribution is -2.22. The molecule has 2 rings (SSSR count). The minimum Gasteiger partial charge on any atom is -0.488 e. The van der Waals surface area contributed by atoms with Crippen molar-refractivity contribution < 1.29 is 14.3 Å². The molecule has 0 amide bonds. The van der Waals surface area contributed by atoms with E-state index in [2.05, 4.69) is 4.98 Å². The van der Waals surface area contributed by atoms with Crippen molar-refractivity contribution in [3.05, 3.63) is 41.6 Å². The van der Waals surface area contributed by atoms with Gasteiger partial charge in [0.05, 0.1) is 12.1 Å². The molecule has 0 N–H and O–H groups in total. The van der Waals surface area contributed by atoms with Crippen molar-refractivity contribution >= 4 is 22.9 Å². The average Bonchev–Trinajstić information content (AvgIpc) is 2.44. The molecule has 0 aliphatic carbocycles. The molecule has 1 aromatic heterocycles. The van der Waals surface area contributed by atoms with E-state index in [9.17, 15) is 4.79 Å². The topological polar surface area (TPSA) is 48.4 Å². The predicted molar refractivity (Wildman–Crippen MR) is 92.5 cm³/mol. The first-order chi connectivity index (χ1) is 10.8. The zero-order chi connectivity index (χ0) is 17.0. The molecule has 0 saturated carbocycles. The van der Waals surface area contributed by atoms with Gasteiger partial charge in [0.25, 0.3) is 0 Å². The summed E-state index contributed by atoms with van der Waals surface area (Å²) in [4.78, 5) is 16.1. The number of hydrogen-bond donors (Lipinski definition) is 0. The van der Waals surface area contributed by atoms with Crippen LogP contribution in [0.25, 0.3) is 17.0 Å². The second-order valence-corrected chi connectivity index (χ2v) is 6.33. The summed E-state index contributed by atoms with van der Waals surface area (Å²) >= 11 is 0. The van der Waals surface area contributed by atoms with Crippen LogP contribution in [0.2, 0.25) is 0 Å². The Labute approximate surface area is 137 Å². The molecule has 0 bridgehead atoms. The molecular weight excluding hydrogens is 290 g/mol. The van der Waals surface area contributed by atoms with Gasteiger partial charge < -0.3 is 9.47 Å². The molecule has 0 aliphatic rings. The molecular formula is C19H23NO3. The molecule has 2 aromatic rings. The lowest BCUT2D eigenvalue weighted by molar-refractivity contribution is -0.137. The van der Waals surface area contributed by atoms with Crippen LogP contribution in [0.1, 0.15) is 39.0 Å². The fraction of sp³-hybridized carbons (Fsp3) is 0.368. The van der Waals surface area contributed by atoms with Gasteiger partial charge in [-0.2, -0.15) is 0 Å². The van der Waals surface area contributed by atoms with Crippen molar-refractivity contribution in [2.75, 3.05) is 6.61 Å². The number of aromatic nitrogens is 1. The van der Waals surface area contributed by atoms with Crippen LogP contribution in [-0.4, -0.2) is 23.2 Å². The summed E-state index contributed by atoms with van der Waals surface area (Å²) in [5.74, 6) is 0.429. The Kier molecular flexibility index (Phi) is 5.04. The third-order valence-electron chi connectivity index (χ3n) is 3.05. The Morgan fingerprint density at radius 1 is 1.26 bits per heavy atom. The number of rotatable bonds is 4. The number of benzene rings is 1. The van der Waals surface area contributed by atoms with Gasteiger partial charge in [0.1, 0.15) is 11.4 Å². The second kappa shape index (κ2) is 6.82. The number of ether oxygens (including phenoxy) is 2. The molecule has 122 valence electrons. The van der Waals surface area contributed by atoms with Gasteiger partial charge >= 0.3 is 5.97 Å². The highest BCUT2D eigenvalue weighted by atomic mass is 16.5. The van der Waals surface area contributed by atoms with Crippen molar-refractivity contribution in [1.29, 1.82) is 0 Å². The van der Waals surface area contributed by atoms with E-state index in [4.69, 9.17) is 9.47 Å². The number of nitrogens with zero attached hydrogens (tertiary/aromatic N) is 1. The van der Waals surface area contributed by atoms with Crippen molar-refractivity contribution in [3.63, 3.8) is 0 Å². The standard InChI is InChI=1S/C19H23NO3/c1-6-22-18(21)10-7-14-11-13(2)20-17-9-8-15(12-16(14)17)23-19(3,4)5/h7-12H,6H2,1-5H3/b10-7+. The average molecular weight is 313 g/mol. The molecule has 4 heteroatoms. The molecule has 0 spiro atoms. The minimum atomic E-state index is -0.350. The highest BCUT2D eigenvalue weighted by Crippen LogP contribution is 2.27. The summed E-state index contributed by atoms with van der Waals surface area (Å²) in [6.45, 7) is 10.1. The van der Waals surface area contributed by atoms with Gasteiger partial charge in [-0.05, 0) is 70.5 Å². The third-order valence-corrected chi connectivity index (χ3v) is 3.05. The molecule has 0 aliphatic heterocycles. The molecule has 0 radical (unpaired) electrons. The SMILES string of the molecule is CCOC(=O)/C=C/c1cc(C)nc2ccc(OC(C)(C)C)cc12. The maximum absolute atomic E-state index is 11.5. The van der Waals surface area contributed by atoms with E-state index in [1.165, 1.54) is 6.08 Å². The number of hydrogen-bond acceptors (Lipinski definition) is 4. The van der Waals surface area contributed by atoms with Crippen molar-refractivity contribution in [2.24, 2.45) is 0 Å². The Morgan fingerprint density at radius 3 is 2.65 bits per heavy atom. The largest absolute Gasteiger partial charge is 0.488 e. The highest BCUT2D eigenvalue weighted by molar-refractivity contribution is 5.94. The molecule has 1 heterocycles. The number of fused-ring (bicyclic) bond motifs is 1. The highest BCUT2D eigenvalue weighted by Gasteiger charge is 2.13. The first kappa shape index (κ1) is 17.0. The van der Waals surface area contributed by atoms with Crippen LogP contribution in [0.3, 0.4) is 0 Å². The second-order valence-electron chi connectivity index (χ2n) is 6.33. The molecule has 0 unspecified atom stereocenters.